The summed E-state index contributed by atoms with van der Waals surface area (Å²) < 4.78 is 27.0. The average Bonchev–Trinajstić information content (AvgIpc) is 2.43. The summed E-state index contributed by atoms with van der Waals surface area (Å²) in [7, 11) is 1.48. The van der Waals surface area contributed by atoms with Gasteiger partial charge in [0.1, 0.15) is 5.82 Å². The fourth-order valence-corrected chi connectivity index (χ4v) is 1.78. The largest absolute Gasteiger partial charge is 0.396 e. The van der Waals surface area contributed by atoms with Crippen LogP contribution in [0.25, 0.3) is 0 Å². The second-order valence-electron chi connectivity index (χ2n) is 4.34. The number of rotatable bonds is 3. The van der Waals surface area contributed by atoms with Gasteiger partial charge in [-0.05, 0) is 24.3 Å². The number of carbonyl (C=O) groups excluding carboxylic acids is 1. The highest BCUT2D eigenvalue weighted by atomic mass is 19.1. The van der Waals surface area contributed by atoms with Crippen LogP contribution in [-0.4, -0.2) is 22.8 Å². The Morgan fingerprint density at radius 3 is 2.75 bits per heavy atom. The molecule has 20 heavy (non-hydrogen) atoms. The number of anilines is 1. The van der Waals surface area contributed by atoms with Gasteiger partial charge in [-0.15, -0.1) is 0 Å². The SMILES string of the molecule is CN(Cc1ccccn1)C(=O)c1cc(F)cc(N)c1F. The Labute approximate surface area is 114 Å². The molecule has 1 aromatic carbocycles. The van der Waals surface area contributed by atoms with Crippen LogP contribution in [0.2, 0.25) is 0 Å². The predicted octanol–water partition coefficient (Wildman–Crippen LogP) is 2.21. The first-order valence-electron chi connectivity index (χ1n) is 5.89. The lowest BCUT2D eigenvalue weighted by Gasteiger charge is -2.17. The standard InChI is InChI=1S/C14H13F2N3O/c1-19(8-10-4-2-3-5-18-10)14(20)11-6-9(15)7-12(17)13(11)16/h2-7H,8,17H2,1H3. The molecular weight excluding hydrogens is 264 g/mol. The molecule has 2 aromatic rings. The number of nitrogen functional groups attached to an aromatic ring is 1. The van der Waals surface area contributed by atoms with Crippen molar-refractivity contribution in [3.8, 4) is 0 Å². The van der Waals surface area contributed by atoms with Gasteiger partial charge in [0.25, 0.3) is 5.91 Å². The van der Waals surface area contributed by atoms with Gasteiger partial charge < -0.3 is 10.6 Å². The zero-order valence-corrected chi connectivity index (χ0v) is 10.8. The van der Waals surface area contributed by atoms with Crippen molar-refractivity contribution in [1.29, 1.82) is 0 Å². The van der Waals surface area contributed by atoms with Crippen LogP contribution >= 0.6 is 0 Å². The molecule has 1 amide bonds. The summed E-state index contributed by atoms with van der Waals surface area (Å²) in [6.07, 6.45) is 1.59. The number of amides is 1. The molecule has 4 nitrogen and oxygen atoms in total. The van der Waals surface area contributed by atoms with Crippen LogP contribution in [0.3, 0.4) is 0 Å². The van der Waals surface area contributed by atoms with E-state index < -0.39 is 17.5 Å². The molecule has 104 valence electrons. The van der Waals surface area contributed by atoms with Crippen molar-refractivity contribution in [2.45, 2.75) is 6.54 Å². The summed E-state index contributed by atoms with van der Waals surface area (Å²) in [6.45, 7) is 0.190. The molecule has 0 atom stereocenters. The van der Waals surface area contributed by atoms with Gasteiger partial charge >= 0.3 is 0 Å². The number of aromatic nitrogens is 1. The summed E-state index contributed by atoms with van der Waals surface area (Å²) in [5, 5.41) is 0. The molecule has 2 N–H and O–H groups in total. The number of carbonyl (C=O) groups is 1. The monoisotopic (exact) mass is 277 g/mol. The molecule has 1 aromatic heterocycles. The quantitative estimate of drug-likeness (QED) is 0.875. The van der Waals surface area contributed by atoms with E-state index in [-0.39, 0.29) is 17.8 Å². The highest BCUT2D eigenvalue weighted by Crippen LogP contribution is 2.19. The molecule has 0 fully saturated rings. The van der Waals surface area contributed by atoms with Crippen molar-refractivity contribution in [3.05, 3.63) is 59.4 Å². The van der Waals surface area contributed by atoms with Crippen molar-refractivity contribution < 1.29 is 13.6 Å². The first-order chi connectivity index (χ1) is 9.49. The van der Waals surface area contributed by atoms with Crippen molar-refractivity contribution in [3.63, 3.8) is 0 Å². The third kappa shape index (κ3) is 2.90. The van der Waals surface area contributed by atoms with Crippen LogP contribution < -0.4 is 5.73 Å². The summed E-state index contributed by atoms with van der Waals surface area (Å²) >= 11 is 0. The molecule has 0 spiro atoms. The molecule has 0 unspecified atom stereocenters. The van der Waals surface area contributed by atoms with E-state index in [0.717, 1.165) is 12.1 Å². The number of hydrogen-bond donors (Lipinski definition) is 1. The number of hydrogen-bond acceptors (Lipinski definition) is 3. The summed E-state index contributed by atoms with van der Waals surface area (Å²) in [5.74, 6) is -2.32. The molecule has 0 radical (unpaired) electrons. The molecule has 0 saturated heterocycles. The van der Waals surface area contributed by atoms with Gasteiger partial charge in [0, 0.05) is 13.2 Å². The highest BCUT2D eigenvalue weighted by molar-refractivity contribution is 5.95. The van der Waals surface area contributed by atoms with Crippen molar-refractivity contribution in [2.24, 2.45) is 0 Å². The van der Waals surface area contributed by atoms with E-state index in [2.05, 4.69) is 4.98 Å². The first-order valence-corrected chi connectivity index (χ1v) is 5.89. The molecule has 0 bridgehead atoms. The van der Waals surface area contributed by atoms with E-state index >= 15 is 0 Å². The van der Waals surface area contributed by atoms with Crippen molar-refractivity contribution in [1.82, 2.24) is 9.88 Å². The number of halogens is 2. The molecule has 0 aliphatic rings. The fraction of sp³-hybridized carbons (Fsp3) is 0.143. The third-order valence-corrected chi connectivity index (χ3v) is 2.77. The van der Waals surface area contributed by atoms with E-state index in [0.29, 0.717) is 5.69 Å². The van der Waals surface area contributed by atoms with Gasteiger partial charge in [-0.2, -0.15) is 0 Å². The van der Waals surface area contributed by atoms with Crippen LogP contribution in [0.5, 0.6) is 0 Å². The lowest BCUT2D eigenvalue weighted by molar-refractivity contribution is 0.0778. The van der Waals surface area contributed by atoms with Crippen LogP contribution in [0.15, 0.2) is 36.5 Å². The van der Waals surface area contributed by atoms with E-state index in [1.165, 1.54) is 11.9 Å². The summed E-state index contributed by atoms with van der Waals surface area (Å²) in [5.41, 5.74) is 5.18. The summed E-state index contributed by atoms with van der Waals surface area (Å²) in [4.78, 5) is 17.4. The molecule has 0 aliphatic carbocycles. The number of benzene rings is 1. The first kappa shape index (κ1) is 13.9. The van der Waals surface area contributed by atoms with Gasteiger partial charge in [-0.1, -0.05) is 6.07 Å². The van der Waals surface area contributed by atoms with Crippen LogP contribution in [0.4, 0.5) is 14.5 Å². The Bertz CT molecular complexity index is 632. The predicted molar refractivity (Wildman–Crippen MR) is 70.8 cm³/mol. The second-order valence-corrected chi connectivity index (χ2v) is 4.34. The lowest BCUT2D eigenvalue weighted by atomic mass is 10.1. The Morgan fingerprint density at radius 2 is 2.10 bits per heavy atom. The number of pyridine rings is 1. The molecule has 2 rings (SSSR count). The maximum atomic E-state index is 13.8. The average molecular weight is 277 g/mol. The van der Waals surface area contributed by atoms with Crippen LogP contribution in [-0.2, 0) is 6.54 Å². The van der Waals surface area contributed by atoms with Gasteiger partial charge in [-0.3, -0.25) is 9.78 Å². The van der Waals surface area contributed by atoms with Gasteiger partial charge in [0.15, 0.2) is 5.82 Å². The molecule has 0 aliphatic heterocycles. The Morgan fingerprint density at radius 1 is 1.35 bits per heavy atom. The normalized spacial score (nSPS) is 10.3. The maximum Gasteiger partial charge on any atom is 0.257 e. The zero-order chi connectivity index (χ0) is 14.7. The van der Waals surface area contributed by atoms with Gasteiger partial charge in [0.05, 0.1) is 23.5 Å². The minimum atomic E-state index is -0.913. The van der Waals surface area contributed by atoms with Crippen LogP contribution in [0, 0.1) is 11.6 Å². The van der Waals surface area contributed by atoms with E-state index in [9.17, 15) is 13.6 Å². The minimum Gasteiger partial charge on any atom is -0.396 e. The number of nitrogens with two attached hydrogens (primary N) is 1. The number of nitrogens with zero attached hydrogens (tertiary/aromatic N) is 2. The van der Waals surface area contributed by atoms with E-state index in [4.69, 9.17) is 5.73 Å². The van der Waals surface area contributed by atoms with Gasteiger partial charge in [-0.25, -0.2) is 8.78 Å². The molecule has 0 saturated carbocycles. The third-order valence-electron chi connectivity index (χ3n) is 2.77. The zero-order valence-electron chi connectivity index (χ0n) is 10.8. The second kappa shape index (κ2) is 5.64. The smallest absolute Gasteiger partial charge is 0.257 e. The van der Waals surface area contributed by atoms with Crippen LogP contribution in [0.1, 0.15) is 16.1 Å². The van der Waals surface area contributed by atoms with Crippen molar-refractivity contribution in [2.75, 3.05) is 12.8 Å². The topological polar surface area (TPSA) is 59.2 Å². The minimum absolute atomic E-state index is 0.190. The summed E-state index contributed by atoms with van der Waals surface area (Å²) in [6, 6.07) is 6.94. The maximum absolute atomic E-state index is 13.8. The Hall–Kier alpha value is -2.50. The lowest BCUT2D eigenvalue weighted by Crippen LogP contribution is -2.27. The van der Waals surface area contributed by atoms with E-state index in [1.54, 1.807) is 24.4 Å². The highest BCUT2D eigenvalue weighted by Gasteiger charge is 2.19. The van der Waals surface area contributed by atoms with E-state index in [1.807, 2.05) is 0 Å². The molecule has 1 heterocycles. The van der Waals surface area contributed by atoms with Gasteiger partial charge in [0.2, 0.25) is 0 Å². The Kier molecular flexibility index (Phi) is 3.93. The molecular formula is C14H13F2N3O. The molecule has 6 heteroatoms. The fourth-order valence-electron chi connectivity index (χ4n) is 1.78. The Balaban J connectivity index is 2.23. The van der Waals surface area contributed by atoms with Crippen molar-refractivity contribution >= 4 is 11.6 Å².